The summed E-state index contributed by atoms with van der Waals surface area (Å²) in [5.74, 6) is 1.16. The number of nitrogens with zero attached hydrogens (tertiary/aromatic N) is 1. The van der Waals surface area contributed by atoms with E-state index in [2.05, 4.69) is 15.5 Å². The molecule has 0 radical (unpaired) electrons. The number of carbonyl (C=O) groups is 1. The van der Waals surface area contributed by atoms with E-state index >= 15 is 0 Å². The van der Waals surface area contributed by atoms with E-state index in [1.54, 1.807) is 0 Å². The minimum atomic E-state index is 0.104. The van der Waals surface area contributed by atoms with Crippen LogP contribution in [0.25, 0.3) is 0 Å². The molecule has 0 aromatic heterocycles. The van der Waals surface area contributed by atoms with E-state index in [0.29, 0.717) is 5.91 Å². The van der Waals surface area contributed by atoms with Crippen molar-refractivity contribution in [1.29, 1.82) is 0 Å². The lowest BCUT2D eigenvalue weighted by atomic mass is 9.92. The highest BCUT2D eigenvalue weighted by Gasteiger charge is 2.28. The number of carbonyl (C=O) groups excluding carboxylic acids is 1. The summed E-state index contributed by atoms with van der Waals surface area (Å²) in [4.78, 5) is 14.4. The molecule has 2 rings (SSSR count). The van der Waals surface area contributed by atoms with E-state index in [-0.39, 0.29) is 6.04 Å². The fourth-order valence-corrected chi connectivity index (χ4v) is 3.07. The Morgan fingerprint density at radius 1 is 1.28 bits per heavy atom. The Bertz CT molecular complexity index is 256. The lowest BCUT2D eigenvalue weighted by molar-refractivity contribution is -0.135. The van der Waals surface area contributed by atoms with Gasteiger partial charge in [-0.25, -0.2) is 0 Å². The highest BCUT2D eigenvalue weighted by Crippen LogP contribution is 2.21. The molecule has 2 aliphatic rings. The molecule has 0 spiro atoms. The van der Waals surface area contributed by atoms with Crippen LogP contribution in [0.1, 0.15) is 38.5 Å². The Kier molecular flexibility index (Phi) is 5.45. The molecule has 2 fully saturated rings. The van der Waals surface area contributed by atoms with Gasteiger partial charge < -0.3 is 15.5 Å². The fourth-order valence-electron chi connectivity index (χ4n) is 3.07. The quantitative estimate of drug-likeness (QED) is 0.785. The minimum Gasteiger partial charge on any atom is -0.341 e. The standard InChI is InChI=1S/C14H27N3O/c1-15-9-5-12-6-10-17(11-7-12)14(18)13-4-2-3-8-16-13/h12-13,15-16H,2-11H2,1H3. The fraction of sp³-hybridized carbons (Fsp3) is 0.929. The third-order valence-corrected chi connectivity index (χ3v) is 4.34. The predicted molar refractivity (Wildman–Crippen MR) is 73.5 cm³/mol. The van der Waals surface area contributed by atoms with E-state index < -0.39 is 0 Å². The van der Waals surface area contributed by atoms with Crippen LogP contribution in [-0.2, 0) is 4.79 Å². The van der Waals surface area contributed by atoms with Crippen molar-refractivity contribution < 1.29 is 4.79 Å². The smallest absolute Gasteiger partial charge is 0.239 e. The van der Waals surface area contributed by atoms with Crippen LogP contribution < -0.4 is 10.6 Å². The summed E-state index contributed by atoms with van der Waals surface area (Å²) < 4.78 is 0. The first kappa shape index (κ1) is 13.8. The summed E-state index contributed by atoms with van der Waals surface area (Å²) in [7, 11) is 2.01. The van der Waals surface area contributed by atoms with Gasteiger partial charge in [0, 0.05) is 13.1 Å². The molecule has 2 saturated heterocycles. The van der Waals surface area contributed by atoms with Crippen molar-refractivity contribution in [1.82, 2.24) is 15.5 Å². The van der Waals surface area contributed by atoms with Gasteiger partial charge in [0.25, 0.3) is 0 Å². The zero-order valence-electron chi connectivity index (χ0n) is 11.6. The van der Waals surface area contributed by atoms with Crippen molar-refractivity contribution in [2.24, 2.45) is 5.92 Å². The maximum absolute atomic E-state index is 12.3. The second-order valence-electron chi connectivity index (χ2n) is 5.66. The monoisotopic (exact) mass is 253 g/mol. The molecule has 0 bridgehead atoms. The first-order valence-corrected chi connectivity index (χ1v) is 7.48. The van der Waals surface area contributed by atoms with Gasteiger partial charge in [0.1, 0.15) is 0 Å². The van der Waals surface area contributed by atoms with Gasteiger partial charge in [-0.05, 0) is 58.2 Å². The third-order valence-electron chi connectivity index (χ3n) is 4.34. The van der Waals surface area contributed by atoms with Crippen molar-refractivity contribution in [3.63, 3.8) is 0 Å². The molecular formula is C14H27N3O. The first-order valence-electron chi connectivity index (χ1n) is 7.48. The highest BCUT2D eigenvalue weighted by atomic mass is 16.2. The van der Waals surface area contributed by atoms with Gasteiger partial charge in [0.2, 0.25) is 5.91 Å². The molecule has 1 unspecified atom stereocenters. The summed E-state index contributed by atoms with van der Waals surface area (Å²) in [5.41, 5.74) is 0. The number of nitrogens with one attached hydrogen (secondary N) is 2. The van der Waals surface area contributed by atoms with Crippen LogP contribution in [0.5, 0.6) is 0 Å². The van der Waals surface area contributed by atoms with Crippen LogP contribution in [0.2, 0.25) is 0 Å². The molecule has 4 nitrogen and oxygen atoms in total. The first-order chi connectivity index (χ1) is 8.81. The minimum absolute atomic E-state index is 0.104. The van der Waals surface area contributed by atoms with Crippen LogP contribution in [0, 0.1) is 5.92 Å². The maximum Gasteiger partial charge on any atom is 0.239 e. The largest absolute Gasteiger partial charge is 0.341 e. The van der Waals surface area contributed by atoms with Crippen molar-refractivity contribution in [2.75, 3.05) is 33.2 Å². The zero-order chi connectivity index (χ0) is 12.8. The Morgan fingerprint density at radius 3 is 2.67 bits per heavy atom. The van der Waals surface area contributed by atoms with Crippen molar-refractivity contribution in [3.8, 4) is 0 Å². The van der Waals surface area contributed by atoms with E-state index in [9.17, 15) is 4.79 Å². The summed E-state index contributed by atoms with van der Waals surface area (Å²) in [5, 5.41) is 6.57. The molecule has 4 heteroatoms. The SMILES string of the molecule is CNCCC1CCN(C(=O)C2CCCCN2)CC1. The predicted octanol–water partition coefficient (Wildman–Crippen LogP) is 0.977. The summed E-state index contributed by atoms with van der Waals surface area (Å²) in [6, 6.07) is 0.104. The van der Waals surface area contributed by atoms with Crippen molar-refractivity contribution in [3.05, 3.63) is 0 Å². The Hall–Kier alpha value is -0.610. The number of rotatable bonds is 4. The lowest BCUT2D eigenvalue weighted by Gasteiger charge is -2.35. The van der Waals surface area contributed by atoms with Crippen LogP contribution in [0.15, 0.2) is 0 Å². The highest BCUT2D eigenvalue weighted by molar-refractivity contribution is 5.82. The molecule has 0 aromatic carbocycles. The number of likely N-dealkylation sites (tertiary alicyclic amines) is 1. The molecule has 2 N–H and O–H groups in total. The maximum atomic E-state index is 12.3. The summed E-state index contributed by atoms with van der Waals surface area (Å²) in [6.45, 7) is 4.04. The Morgan fingerprint density at radius 2 is 2.06 bits per heavy atom. The van der Waals surface area contributed by atoms with Gasteiger partial charge >= 0.3 is 0 Å². The Labute approximate surface area is 110 Å². The number of amides is 1. The average Bonchev–Trinajstić information content (AvgIpc) is 2.46. The molecule has 2 heterocycles. The Balaban J connectivity index is 1.73. The zero-order valence-corrected chi connectivity index (χ0v) is 11.6. The summed E-state index contributed by atoms with van der Waals surface area (Å²) >= 11 is 0. The lowest BCUT2D eigenvalue weighted by Crippen LogP contribution is -2.50. The van der Waals surface area contributed by atoms with Crippen molar-refractivity contribution >= 4 is 5.91 Å². The van der Waals surface area contributed by atoms with Gasteiger partial charge in [-0.1, -0.05) is 6.42 Å². The van der Waals surface area contributed by atoms with Gasteiger partial charge in [0.15, 0.2) is 0 Å². The molecule has 1 amide bonds. The van der Waals surface area contributed by atoms with E-state index in [4.69, 9.17) is 0 Å². The van der Waals surface area contributed by atoms with Gasteiger partial charge in [-0.2, -0.15) is 0 Å². The van der Waals surface area contributed by atoms with Crippen LogP contribution in [-0.4, -0.2) is 50.1 Å². The molecule has 1 atom stereocenters. The van der Waals surface area contributed by atoms with Crippen LogP contribution in [0.3, 0.4) is 0 Å². The molecule has 2 aliphatic heterocycles. The molecule has 18 heavy (non-hydrogen) atoms. The van der Waals surface area contributed by atoms with E-state index in [1.807, 2.05) is 7.05 Å². The van der Waals surface area contributed by atoms with Gasteiger partial charge in [0.05, 0.1) is 6.04 Å². The van der Waals surface area contributed by atoms with Crippen molar-refractivity contribution in [2.45, 2.75) is 44.6 Å². The normalized spacial score (nSPS) is 26.3. The van der Waals surface area contributed by atoms with Gasteiger partial charge in [-0.15, -0.1) is 0 Å². The summed E-state index contributed by atoms with van der Waals surface area (Å²) in [6.07, 6.45) is 7.05. The molecular weight excluding hydrogens is 226 g/mol. The van der Waals surface area contributed by atoms with Gasteiger partial charge in [-0.3, -0.25) is 4.79 Å². The molecule has 0 saturated carbocycles. The number of hydrogen-bond acceptors (Lipinski definition) is 3. The van der Waals surface area contributed by atoms with E-state index in [1.165, 1.54) is 32.1 Å². The second-order valence-corrected chi connectivity index (χ2v) is 5.66. The molecule has 104 valence electrons. The number of hydrogen-bond donors (Lipinski definition) is 2. The molecule has 0 aliphatic carbocycles. The third kappa shape index (κ3) is 3.69. The van der Waals surface area contributed by atoms with E-state index in [0.717, 1.165) is 38.5 Å². The molecule has 0 aromatic rings. The van der Waals surface area contributed by atoms with Crippen LogP contribution in [0.4, 0.5) is 0 Å². The topological polar surface area (TPSA) is 44.4 Å². The number of piperidine rings is 2. The van der Waals surface area contributed by atoms with Crippen LogP contribution >= 0.6 is 0 Å². The average molecular weight is 253 g/mol. The second kappa shape index (κ2) is 7.10.